The molecule has 0 saturated heterocycles. The number of benzene rings is 2. The van der Waals surface area contributed by atoms with Crippen LogP contribution in [0.25, 0.3) is 0 Å². The van der Waals surface area contributed by atoms with Crippen molar-refractivity contribution in [1.82, 2.24) is 9.78 Å². The van der Waals surface area contributed by atoms with Crippen LogP contribution in [0.5, 0.6) is 5.75 Å². The molecule has 1 aliphatic rings. The topological polar surface area (TPSA) is 68.2 Å². The second-order valence-corrected chi connectivity index (χ2v) is 7.52. The summed E-state index contributed by atoms with van der Waals surface area (Å²) in [6, 6.07) is 12.0. The number of hydrogen-bond donors (Lipinski definition) is 2. The Morgan fingerprint density at radius 3 is 2.48 bits per heavy atom. The maximum absolute atomic E-state index is 13.8. The normalized spacial score (nSPS) is 18.1. The van der Waals surface area contributed by atoms with Gasteiger partial charge in [0.15, 0.2) is 11.7 Å². The maximum Gasteiger partial charge on any atom is 0.410 e. The van der Waals surface area contributed by atoms with Gasteiger partial charge in [-0.1, -0.05) is 23.7 Å². The summed E-state index contributed by atoms with van der Waals surface area (Å²) in [5, 5.41) is 10.1. The number of methoxy groups -OCH3 is 1. The molecule has 0 bridgehead atoms. The van der Waals surface area contributed by atoms with Crippen LogP contribution in [-0.4, -0.2) is 29.0 Å². The first-order chi connectivity index (χ1) is 14.7. The van der Waals surface area contributed by atoms with Gasteiger partial charge in [-0.15, -0.1) is 0 Å². The van der Waals surface area contributed by atoms with E-state index < -0.39 is 24.2 Å². The second kappa shape index (κ2) is 8.14. The largest absolute Gasteiger partial charge is 0.497 e. The van der Waals surface area contributed by atoms with E-state index in [1.54, 1.807) is 48.5 Å². The predicted molar refractivity (Wildman–Crippen MR) is 111 cm³/mol. The van der Waals surface area contributed by atoms with Gasteiger partial charge in [0.05, 0.1) is 13.2 Å². The lowest BCUT2D eigenvalue weighted by Crippen LogP contribution is -2.35. The van der Waals surface area contributed by atoms with Crippen LogP contribution in [0.2, 0.25) is 5.02 Å². The number of carbonyl (C=O) groups is 1. The van der Waals surface area contributed by atoms with Gasteiger partial charge in [0.2, 0.25) is 0 Å². The third-order valence-electron chi connectivity index (χ3n) is 5.04. The Balaban J connectivity index is 1.61. The summed E-state index contributed by atoms with van der Waals surface area (Å²) < 4.78 is 47.2. The van der Waals surface area contributed by atoms with Gasteiger partial charge in [-0.25, -0.2) is 4.68 Å². The number of carbonyl (C=O) groups excluding carboxylic acids is 1. The summed E-state index contributed by atoms with van der Waals surface area (Å²) in [5.74, 6) is 0.118. The van der Waals surface area contributed by atoms with Crippen LogP contribution in [0.1, 0.15) is 34.6 Å². The Hall–Kier alpha value is -3.20. The highest BCUT2D eigenvalue weighted by Gasteiger charge is 2.46. The molecule has 2 N–H and O–H groups in total. The molecular weight excluding hydrogens is 433 g/mol. The zero-order valence-electron chi connectivity index (χ0n) is 16.3. The van der Waals surface area contributed by atoms with Gasteiger partial charge in [0, 0.05) is 23.2 Å². The number of nitrogens with zero attached hydrogens (tertiary/aromatic N) is 2. The molecule has 4 rings (SSSR count). The van der Waals surface area contributed by atoms with Crippen LogP contribution < -0.4 is 15.4 Å². The van der Waals surface area contributed by atoms with Crippen LogP contribution in [0.3, 0.4) is 0 Å². The smallest absolute Gasteiger partial charge is 0.410 e. The molecule has 0 aliphatic carbocycles. The Morgan fingerprint density at radius 1 is 1.19 bits per heavy atom. The fourth-order valence-corrected chi connectivity index (χ4v) is 3.59. The van der Waals surface area contributed by atoms with E-state index in [1.807, 2.05) is 0 Å². The molecule has 2 aromatic carbocycles. The quantitative estimate of drug-likeness (QED) is 0.554. The number of halogens is 4. The Bertz CT molecular complexity index is 1080. The molecule has 0 radical (unpaired) electrons. The van der Waals surface area contributed by atoms with Gasteiger partial charge in [-0.2, -0.15) is 18.3 Å². The van der Waals surface area contributed by atoms with Gasteiger partial charge in [0.1, 0.15) is 11.6 Å². The molecule has 10 heteroatoms. The van der Waals surface area contributed by atoms with Crippen molar-refractivity contribution in [2.45, 2.75) is 24.7 Å². The lowest BCUT2D eigenvalue weighted by molar-refractivity contribution is -0.173. The minimum absolute atomic E-state index is 0.119. The fourth-order valence-electron chi connectivity index (χ4n) is 3.47. The number of amides is 1. The summed E-state index contributed by atoms with van der Waals surface area (Å²) in [4.78, 5) is 12.6. The minimum atomic E-state index is -4.53. The Kier molecular flexibility index (Phi) is 5.53. The molecule has 2 atom stereocenters. The van der Waals surface area contributed by atoms with Gasteiger partial charge in [-0.05, 0) is 42.0 Å². The highest BCUT2D eigenvalue weighted by molar-refractivity contribution is 6.30. The lowest BCUT2D eigenvalue weighted by atomic mass is 9.97. The maximum atomic E-state index is 13.8. The van der Waals surface area contributed by atoms with E-state index in [2.05, 4.69) is 15.7 Å². The fraction of sp³-hybridized carbons (Fsp3) is 0.238. The molecule has 31 heavy (non-hydrogen) atoms. The third-order valence-corrected chi connectivity index (χ3v) is 5.29. The van der Waals surface area contributed by atoms with Crippen molar-refractivity contribution in [2.75, 3.05) is 17.7 Å². The first-order valence-corrected chi connectivity index (χ1v) is 9.76. The highest BCUT2D eigenvalue weighted by atomic mass is 35.5. The molecule has 3 aromatic rings. The van der Waals surface area contributed by atoms with Crippen LogP contribution in [0.15, 0.2) is 54.6 Å². The molecule has 1 aromatic heterocycles. The Labute approximate surface area is 181 Å². The molecule has 162 valence electrons. The molecular formula is C21H18ClF3N4O2. The zero-order valence-corrected chi connectivity index (χ0v) is 17.0. The standard InChI is InChI=1S/C21H18ClF3N4O2/c1-31-15-8-6-14(7-9-15)26-20(30)17-11-19-27-16(12-2-4-13(22)5-3-12)10-18(21(23,24)25)29(19)28-17/h2-9,11,16,18,27H,10H2,1H3,(H,26,30)/t16-,18+/m1/s1. The van der Waals surface area contributed by atoms with E-state index in [9.17, 15) is 18.0 Å². The van der Waals surface area contributed by atoms with E-state index in [-0.39, 0.29) is 17.9 Å². The van der Waals surface area contributed by atoms with Gasteiger partial charge in [0.25, 0.3) is 5.91 Å². The molecule has 2 heterocycles. The molecule has 6 nitrogen and oxygen atoms in total. The van der Waals surface area contributed by atoms with Crippen LogP contribution in [0, 0.1) is 0 Å². The first kappa shape index (κ1) is 21.0. The average molecular weight is 451 g/mol. The van der Waals surface area contributed by atoms with Crippen molar-refractivity contribution in [3.05, 3.63) is 70.9 Å². The van der Waals surface area contributed by atoms with Gasteiger partial charge >= 0.3 is 6.18 Å². The Morgan fingerprint density at radius 2 is 1.87 bits per heavy atom. The van der Waals surface area contributed by atoms with Crippen LogP contribution in [0.4, 0.5) is 24.7 Å². The third kappa shape index (κ3) is 4.46. The predicted octanol–water partition coefficient (Wildman–Crippen LogP) is 5.46. The number of nitrogens with one attached hydrogen (secondary N) is 2. The first-order valence-electron chi connectivity index (χ1n) is 9.38. The highest BCUT2D eigenvalue weighted by Crippen LogP contribution is 2.43. The van der Waals surface area contributed by atoms with Crippen molar-refractivity contribution >= 4 is 29.0 Å². The molecule has 0 spiro atoms. The number of aromatic nitrogens is 2. The van der Waals surface area contributed by atoms with E-state index >= 15 is 0 Å². The molecule has 1 amide bonds. The summed E-state index contributed by atoms with van der Waals surface area (Å²) in [7, 11) is 1.52. The van der Waals surface area contributed by atoms with E-state index in [0.717, 1.165) is 4.68 Å². The van der Waals surface area contributed by atoms with E-state index in [0.29, 0.717) is 22.0 Å². The summed E-state index contributed by atoms with van der Waals surface area (Å²) in [5.41, 5.74) is 1.01. The van der Waals surface area contributed by atoms with Gasteiger partial charge in [-0.3, -0.25) is 4.79 Å². The number of ether oxygens (including phenoxy) is 1. The SMILES string of the molecule is COc1ccc(NC(=O)c2cc3n(n2)[C@H](C(F)(F)F)C[C@H](c2ccc(Cl)cc2)N3)cc1. The van der Waals surface area contributed by atoms with Crippen LogP contribution >= 0.6 is 11.6 Å². The monoisotopic (exact) mass is 450 g/mol. The summed E-state index contributed by atoms with van der Waals surface area (Å²) in [6.07, 6.45) is -4.80. The van der Waals surface area contributed by atoms with Crippen molar-refractivity contribution < 1.29 is 22.7 Å². The number of anilines is 2. The van der Waals surface area contributed by atoms with E-state index in [4.69, 9.17) is 16.3 Å². The second-order valence-electron chi connectivity index (χ2n) is 7.08. The zero-order chi connectivity index (χ0) is 22.2. The van der Waals surface area contributed by atoms with Crippen molar-refractivity contribution in [3.63, 3.8) is 0 Å². The minimum Gasteiger partial charge on any atom is -0.497 e. The molecule has 0 saturated carbocycles. The summed E-state index contributed by atoms with van der Waals surface area (Å²) in [6.45, 7) is 0. The van der Waals surface area contributed by atoms with Crippen molar-refractivity contribution in [1.29, 1.82) is 0 Å². The summed E-state index contributed by atoms with van der Waals surface area (Å²) >= 11 is 5.89. The molecule has 0 unspecified atom stereocenters. The molecule has 0 fully saturated rings. The average Bonchev–Trinajstić information content (AvgIpc) is 3.17. The number of fused-ring (bicyclic) bond motifs is 1. The van der Waals surface area contributed by atoms with Crippen molar-refractivity contribution in [2.24, 2.45) is 0 Å². The van der Waals surface area contributed by atoms with Crippen molar-refractivity contribution in [3.8, 4) is 5.75 Å². The number of hydrogen-bond acceptors (Lipinski definition) is 4. The lowest BCUT2D eigenvalue weighted by Gasteiger charge is -2.33. The number of alkyl halides is 3. The van der Waals surface area contributed by atoms with Crippen LogP contribution in [-0.2, 0) is 0 Å². The number of rotatable bonds is 4. The van der Waals surface area contributed by atoms with E-state index in [1.165, 1.54) is 13.2 Å². The van der Waals surface area contributed by atoms with Gasteiger partial charge < -0.3 is 15.4 Å². The molecule has 1 aliphatic heterocycles.